The largest absolute Gasteiger partial charge is 0.496 e. The molecule has 0 heterocycles. The van der Waals surface area contributed by atoms with Gasteiger partial charge < -0.3 is 9.84 Å². The van der Waals surface area contributed by atoms with Crippen LogP contribution in [0.4, 0.5) is 0 Å². The van der Waals surface area contributed by atoms with Gasteiger partial charge in [-0.2, -0.15) is 0 Å². The van der Waals surface area contributed by atoms with Gasteiger partial charge in [-0.05, 0) is 31.0 Å². The number of aliphatic hydroxyl groups is 1. The van der Waals surface area contributed by atoms with Crippen LogP contribution in [-0.4, -0.2) is 12.2 Å². The van der Waals surface area contributed by atoms with Crippen LogP contribution in [0.3, 0.4) is 0 Å². The van der Waals surface area contributed by atoms with Gasteiger partial charge in [0.15, 0.2) is 0 Å². The molecule has 0 aliphatic heterocycles. The van der Waals surface area contributed by atoms with Crippen LogP contribution in [0.25, 0.3) is 0 Å². The van der Waals surface area contributed by atoms with Gasteiger partial charge in [0.05, 0.1) is 13.2 Å². The molecule has 1 aromatic carbocycles. The molecule has 1 rings (SSSR count). The van der Waals surface area contributed by atoms with E-state index in [-0.39, 0.29) is 0 Å². The fraction of sp³-hybridized carbons (Fsp3) is 0.455. The van der Waals surface area contributed by atoms with Crippen LogP contribution >= 0.6 is 15.9 Å². The predicted molar refractivity (Wildman–Crippen MR) is 60.7 cm³/mol. The summed E-state index contributed by atoms with van der Waals surface area (Å²) in [6, 6.07) is 3.85. The molecule has 0 spiro atoms. The highest BCUT2D eigenvalue weighted by Gasteiger charge is 2.13. The summed E-state index contributed by atoms with van der Waals surface area (Å²) in [6.07, 6.45) is 0.230. The minimum absolute atomic E-state index is 0.457. The molecule has 0 aromatic heterocycles. The summed E-state index contributed by atoms with van der Waals surface area (Å²) in [5, 5.41) is 9.76. The van der Waals surface area contributed by atoms with E-state index >= 15 is 0 Å². The summed E-state index contributed by atoms with van der Waals surface area (Å²) in [5.41, 5.74) is 1.95. The van der Waals surface area contributed by atoms with Crippen molar-refractivity contribution in [2.45, 2.75) is 26.4 Å². The molecule has 1 atom stereocenters. The standard InChI is InChI=1S/C11H15BrO2/c1-4-10(13)8-6-9(12)7(2)5-11(8)14-3/h5-6,10,13H,4H2,1-3H3. The lowest BCUT2D eigenvalue weighted by Crippen LogP contribution is -2.00. The first-order chi connectivity index (χ1) is 6.60. The van der Waals surface area contributed by atoms with E-state index < -0.39 is 6.10 Å². The Balaban J connectivity index is 3.19. The second-order valence-corrected chi connectivity index (χ2v) is 4.12. The molecule has 78 valence electrons. The normalized spacial score (nSPS) is 12.6. The third kappa shape index (κ3) is 2.28. The maximum Gasteiger partial charge on any atom is 0.124 e. The summed E-state index contributed by atoms with van der Waals surface area (Å²) in [6.45, 7) is 3.94. The quantitative estimate of drug-likeness (QED) is 0.903. The minimum Gasteiger partial charge on any atom is -0.496 e. The SMILES string of the molecule is CCC(O)c1cc(Br)c(C)cc1OC. The van der Waals surface area contributed by atoms with E-state index in [4.69, 9.17) is 4.74 Å². The van der Waals surface area contributed by atoms with Crippen molar-refractivity contribution in [1.82, 2.24) is 0 Å². The zero-order chi connectivity index (χ0) is 10.7. The Bertz CT molecular complexity index is 323. The van der Waals surface area contributed by atoms with Gasteiger partial charge in [0.25, 0.3) is 0 Å². The molecule has 3 heteroatoms. The average Bonchev–Trinajstić information content (AvgIpc) is 2.20. The molecule has 0 radical (unpaired) electrons. The van der Waals surface area contributed by atoms with Gasteiger partial charge in [-0.1, -0.05) is 22.9 Å². The second kappa shape index (κ2) is 4.80. The van der Waals surface area contributed by atoms with Crippen LogP contribution in [-0.2, 0) is 0 Å². The minimum atomic E-state index is -0.457. The number of halogens is 1. The lowest BCUT2D eigenvalue weighted by molar-refractivity contribution is 0.169. The third-order valence-corrected chi connectivity index (χ3v) is 3.11. The Labute approximate surface area is 93.0 Å². The first kappa shape index (κ1) is 11.5. The summed E-state index contributed by atoms with van der Waals surface area (Å²) in [7, 11) is 1.62. The van der Waals surface area contributed by atoms with Gasteiger partial charge >= 0.3 is 0 Å². The number of hydrogen-bond donors (Lipinski definition) is 1. The average molecular weight is 259 g/mol. The van der Waals surface area contributed by atoms with Gasteiger partial charge in [0, 0.05) is 10.0 Å². The van der Waals surface area contributed by atoms with Gasteiger partial charge in [-0.15, -0.1) is 0 Å². The fourth-order valence-corrected chi connectivity index (χ4v) is 1.69. The Hall–Kier alpha value is -0.540. The van der Waals surface area contributed by atoms with Crippen LogP contribution < -0.4 is 4.74 Å². The van der Waals surface area contributed by atoms with Crippen molar-refractivity contribution < 1.29 is 9.84 Å². The zero-order valence-corrected chi connectivity index (χ0v) is 10.3. The van der Waals surface area contributed by atoms with Crippen molar-refractivity contribution in [3.63, 3.8) is 0 Å². The molecule has 1 N–H and O–H groups in total. The van der Waals surface area contributed by atoms with E-state index in [1.165, 1.54) is 0 Å². The van der Waals surface area contributed by atoms with Crippen LogP contribution in [0.5, 0.6) is 5.75 Å². The summed E-state index contributed by atoms with van der Waals surface area (Å²) < 4.78 is 6.22. The molecule has 14 heavy (non-hydrogen) atoms. The number of benzene rings is 1. The van der Waals surface area contributed by atoms with Crippen LogP contribution in [0.2, 0.25) is 0 Å². The Morgan fingerprint density at radius 3 is 2.64 bits per heavy atom. The van der Waals surface area contributed by atoms with E-state index in [2.05, 4.69) is 15.9 Å². The number of aliphatic hydroxyl groups excluding tert-OH is 1. The highest BCUT2D eigenvalue weighted by atomic mass is 79.9. The van der Waals surface area contributed by atoms with Crippen molar-refractivity contribution in [2.75, 3.05) is 7.11 Å². The monoisotopic (exact) mass is 258 g/mol. The smallest absolute Gasteiger partial charge is 0.124 e. The van der Waals surface area contributed by atoms with E-state index in [0.29, 0.717) is 6.42 Å². The highest BCUT2D eigenvalue weighted by molar-refractivity contribution is 9.10. The van der Waals surface area contributed by atoms with Gasteiger partial charge in [0.1, 0.15) is 5.75 Å². The van der Waals surface area contributed by atoms with Crippen molar-refractivity contribution in [3.8, 4) is 5.75 Å². The van der Waals surface area contributed by atoms with Gasteiger partial charge in [0.2, 0.25) is 0 Å². The molecule has 0 saturated heterocycles. The zero-order valence-electron chi connectivity index (χ0n) is 8.67. The number of aryl methyl sites for hydroxylation is 1. The van der Waals surface area contributed by atoms with E-state index in [0.717, 1.165) is 21.3 Å². The third-order valence-electron chi connectivity index (χ3n) is 2.26. The number of hydrogen-bond acceptors (Lipinski definition) is 2. The van der Waals surface area contributed by atoms with E-state index in [1.807, 2.05) is 26.0 Å². The van der Waals surface area contributed by atoms with Crippen LogP contribution in [0, 0.1) is 6.92 Å². The molecule has 1 aromatic rings. The molecule has 2 nitrogen and oxygen atoms in total. The number of ether oxygens (including phenoxy) is 1. The molecule has 0 aliphatic carbocycles. The first-order valence-corrected chi connectivity index (χ1v) is 5.41. The van der Waals surface area contributed by atoms with Gasteiger partial charge in [-0.3, -0.25) is 0 Å². The summed E-state index contributed by atoms with van der Waals surface area (Å²) >= 11 is 3.44. The lowest BCUT2D eigenvalue weighted by Gasteiger charge is -2.14. The topological polar surface area (TPSA) is 29.5 Å². The Morgan fingerprint density at radius 1 is 1.50 bits per heavy atom. The molecular formula is C11H15BrO2. The maximum absolute atomic E-state index is 9.76. The van der Waals surface area contributed by atoms with Crippen molar-refractivity contribution in [3.05, 3.63) is 27.7 Å². The molecule has 0 bridgehead atoms. The highest BCUT2D eigenvalue weighted by Crippen LogP contribution is 2.32. The van der Waals surface area contributed by atoms with Crippen molar-refractivity contribution in [2.24, 2.45) is 0 Å². The molecule has 0 aliphatic rings. The Kier molecular flexibility index (Phi) is 3.96. The number of methoxy groups -OCH3 is 1. The summed E-state index contributed by atoms with van der Waals surface area (Å²) in [5.74, 6) is 0.750. The molecule has 1 unspecified atom stereocenters. The molecule has 0 amide bonds. The Morgan fingerprint density at radius 2 is 2.14 bits per heavy atom. The summed E-state index contributed by atoms with van der Waals surface area (Å²) in [4.78, 5) is 0. The second-order valence-electron chi connectivity index (χ2n) is 3.27. The van der Waals surface area contributed by atoms with Crippen LogP contribution in [0.1, 0.15) is 30.6 Å². The molecule has 0 fully saturated rings. The van der Waals surface area contributed by atoms with Crippen molar-refractivity contribution >= 4 is 15.9 Å². The van der Waals surface area contributed by atoms with E-state index in [1.54, 1.807) is 7.11 Å². The lowest BCUT2D eigenvalue weighted by atomic mass is 10.0. The maximum atomic E-state index is 9.76. The van der Waals surface area contributed by atoms with Gasteiger partial charge in [-0.25, -0.2) is 0 Å². The number of rotatable bonds is 3. The molecular weight excluding hydrogens is 244 g/mol. The fourth-order valence-electron chi connectivity index (χ4n) is 1.33. The predicted octanol–water partition coefficient (Wildman–Crippen LogP) is 3.21. The first-order valence-electron chi connectivity index (χ1n) is 4.62. The molecule has 0 saturated carbocycles. The van der Waals surface area contributed by atoms with E-state index in [9.17, 15) is 5.11 Å². The van der Waals surface area contributed by atoms with Crippen LogP contribution in [0.15, 0.2) is 16.6 Å². The van der Waals surface area contributed by atoms with Crippen molar-refractivity contribution in [1.29, 1.82) is 0 Å².